The maximum absolute atomic E-state index is 12.6. The van der Waals surface area contributed by atoms with Crippen molar-refractivity contribution in [1.29, 1.82) is 0 Å². The van der Waals surface area contributed by atoms with Crippen LogP contribution in [-0.4, -0.2) is 20.1 Å². The summed E-state index contributed by atoms with van der Waals surface area (Å²) in [6.45, 7) is 1.49. The maximum Gasteiger partial charge on any atom is 0.221 e. The molecule has 0 saturated carbocycles. The van der Waals surface area contributed by atoms with E-state index in [1.54, 1.807) is 12.1 Å². The van der Waals surface area contributed by atoms with Gasteiger partial charge < -0.3 is 5.73 Å². The molecule has 1 amide bonds. The van der Waals surface area contributed by atoms with Gasteiger partial charge in [0.2, 0.25) is 5.91 Å². The second-order valence-corrected chi connectivity index (χ2v) is 7.53. The molecule has 6 heteroatoms. The summed E-state index contributed by atoms with van der Waals surface area (Å²) >= 11 is 5.95. The summed E-state index contributed by atoms with van der Waals surface area (Å²) < 4.78 is 25.3. The Kier molecular flexibility index (Phi) is 4.88. The lowest BCUT2D eigenvalue weighted by Gasteiger charge is -2.13. The van der Waals surface area contributed by atoms with E-state index in [0.717, 1.165) is 5.56 Å². The topological polar surface area (TPSA) is 77.2 Å². The molecule has 0 aliphatic heterocycles. The van der Waals surface area contributed by atoms with E-state index in [0.29, 0.717) is 10.6 Å². The third kappa shape index (κ3) is 3.67. The van der Waals surface area contributed by atoms with E-state index in [4.69, 9.17) is 17.3 Å². The Bertz CT molecular complexity index is 788. The van der Waals surface area contributed by atoms with Gasteiger partial charge >= 0.3 is 0 Å². The van der Waals surface area contributed by atoms with Crippen LogP contribution in [0.15, 0.2) is 53.4 Å². The molecule has 116 valence electrons. The average molecular weight is 338 g/mol. The van der Waals surface area contributed by atoms with Crippen LogP contribution in [0.25, 0.3) is 11.1 Å². The standard InChI is InChI=1S/C16H16ClNO3S/c1-11(16(18)19)10-22(20,21)15-9-13(17)7-8-14(15)12-5-3-2-4-6-12/h2-9,11H,10H2,1H3,(H2,18,19). The van der Waals surface area contributed by atoms with Gasteiger partial charge in [0.15, 0.2) is 9.84 Å². The Morgan fingerprint density at radius 2 is 1.82 bits per heavy atom. The van der Waals surface area contributed by atoms with Crippen molar-refractivity contribution in [2.45, 2.75) is 11.8 Å². The Labute approximate surface area is 134 Å². The van der Waals surface area contributed by atoms with E-state index in [-0.39, 0.29) is 10.6 Å². The van der Waals surface area contributed by atoms with Crippen molar-refractivity contribution in [1.82, 2.24) is 0 Å². The summed E-state index contributed by atoms with van der Waals surface area (Å²) in [6.07, 6.45) is 0. The van der Waals surface area contributed by atoms with Gasteiger partial charge in [0.1, 0.15) is 0 Å². The van der Waals surface area contributed by atoms with Crippen molar-refractivity contribution in [3.8, 4) is 11.1 Å². The highest BCUT2D eigenvalue weighted by atomic mass is 35.5. The van der Waals surface area contributed by atoms with Crippen molar-refractivity contribution < 1.29 is 13.2 Å². The largest absolute Gasteiger partial charge is 0.369 e. The first-order valence-corrected chi connectivity index (χ1v) is 8.71. The molecule has 0 saturated heterocycles. The molecule has 22 heavy (non-hydrogen) atoms. The molecule has 0 bridgehead atoms. The van der Waals surface area contributed by atoms with E-state index in [1.807, 2.05) is 30.3 Å². The van der Waals surface area contributed by atoms with Gasteiger partial charge in [0.05, 0.1) is 10.6 Å². The maximum atomic E-state index is 12.6. The number of sulfone groups is 1. The number of rotatable bonds is 5. The number of hydrogen-bond donors (Lipinski definition) is 1. The van der Waals surface area contributed by atoms with Gasteiger partial charge in [-0.05, 0) is 17.7 Å². The first kappa shape index (κ1) is 16.5. The molecule has 0 aliphatic carbocycles. The minimum absolute atomic E-state index is 0.110. The number of hydrogen-bond acceptors (Lipinski definition) is 3. The van der Waals surface area contributed by atoms with Crippen LogP contribution in [0.4, 0.5) is 0 Å². The summed E-state index contributed by atoms with van der Waals surface area (Å²) in [5.41, 5.74) is 6.50. The zero-order valence-electron chi connectivity index (χ0n) is 12.0. The third-order valence-corrected chi connectivity index (χ3v) is 5.50. The van der Waals surface area contributed by atoms with Crippen LogP contribution in [0.3, 0.4) is 0 Å². The van der Waals surface area contributed by atoms with Crippen molar-refractivity contribution in [3.05, 3.63) is 53.6 Å². The Morgan fingerprint density at radius 3 is 2.41 bits per heavy atom. The highest BCUT2D eigenvalue weighted by Gasteiger charge is 2.25. The summed E-state index contributed by atoms with van der Waals surface area (Å²) in [7, 11) is -3.69. The second-order valence-electron chi connectivity index (χ2n) is 5.09. The van der Waals surface area contributed by atoms with Crippen LogP contribution >= 0.6 is 11.6 Å². The minimum atomic E-state index is -3.69. The number of primary amides is 1. The van der Waals surface area contributed by atoms with Crippen molar-refractivity contribution >= 4 is 27.3 Å². The molecule has 0 spiro atoms. The van der Waals surface area contributed by atoms with Gasteiger partial charge in [-0.25, -0.2) is 8.42 Å². The smallest absolute Gasteiger partial charge is 0.221 e. The molecule has 2 aromatic rings. The highest BCUT2D eigenvalue weighted by Crippen LogP contribution is 2.31. The molecular formula is C16H16ClNO3S. The van der Waals surface area contributed by atoms with Gasteiger partial charge in [0, 0.05) is 16.5 Å². The number of benzene rings is 2. The Morgan fingerprint density at radius 1 is 1.18 bits per heavy atom. The Hall–Kier alpha value is -1.85. The molecule has 0 aliphatic rings. The number of halogens is 1. The monoisotopic (exact) mass is 337 g/mol. The third-order valence-electron chi connectivity index (χ3n) is 3.32. The van der Waals surface area contributed by atoms with Crippen LogP contribution in [0.5, 0.6) is 0 Å². The van der Waals surface area contributed by atoms with Gasteiger partial charge in [-0.1, -0.05) is 54.9 Å². The molecule has 1 unspecified atom stereocenters. The van der Waals surface area contributed by atoms with Crippen LogP contribution in [0.1, 0.15) is 6.92 Å². The normalized spacial score (nSPS) is 12.8. The lowest BCUT2D eigenvalue weighted by Crippen LogP contribution is -2.27. The Balaban J connectivity index is 2.55. The number of carbonyl (C=O) groups is 1. The van der Waals surface area contributed by atoms with E-state index in [2.05, 4.69) is 0 Å². The first-order chi connectivity index (χ1) is 10.3. The predicted octanol–water partition coefficient (Wildman–Crippen LogP) is 2.90. The fraction of sp³-hybridized carbons (Fsp3) is 0.188. The lowest BCUT2D eigenvalue weighted by atomic mass is 10.1. The summed E-state index contributed by atoms with van der Waals surface area (Å²) in [5, 5.41) is 0.324. The summed E-state index contributed by atoms with van der Waals surface area (Å²) in [5.74, 6) is -1.76. The molecule has 0 radical (unpaired) electrons. The SMILES string of the molecule is CC(CS(=O)(=O)c1cc(Cl)ccc1-c1ccccc1)C(N)=O. The molecule has 0 aromatic heterocycles. The fourth-order valence-corrected chi connectivity index (χ4v) is 4.18. The number of carbonyl (C=O) groups excluding carboxylic acids is 1. The van der Waals surface area contributed by atoms with E-state index >= 15 is 0 Å². The quantitative estimate of drug-likeness (QED) is 0.911. The van der Waals surface area contributed by atoms with E-state index in [1.165, 1.54) is 13.0 Å². The van der Waals surface area contributed by atoms with Crippen LogP contribution in [-0.2, 0) is 14.6 Å². The van der Waals surface area contributed by atoms with Gasteiger partial charge in [-0.15, -0.1) is 0 Å². The summed E-state index contributed by atoms with van der Waals surface area (Å²) in [6, 6.07) is 13.9. The lowest BCUT2D eigenvalue weighted by molar-refractivity contribution is -0.120. The predicted molar refractivity (Wildman–Crippen MR) is 87.3 cm³/mol. The molecular weight excluding hydrogens is 322 g/mol. The average Bonchev–Trinajstić information content (AvgIpc) is 2.47. The van der Waals surface area contributed by atoms with Crippen LogP contribution in [0.2, 0.25) is 5.02 Å². The second kappa shape index (κ2) is 6.50. The summed E-state index contributed by atoms with van der Waals surface area (Å²) in [4.78, 5) is 11.3. The number of amides is 1. The zero-order valence-corrected chi connectivity index (χ0v) is 13.6. The molecule has 2 N–H and O–H groups in total. The van der Waals surface area contributed by atoms with Crippen LogP contribution in [0, 0.1) is 5.92 Å². The molecule has 4 nitrogen and oxygen atoms in total. The van der Waals surface area contributed by atoms with Crippen LogP contribution < -0.4 is 5.73 Å². The molecule has 1 atom stereocenters. The van der Waals surface area contributed by atoms with Gasteiger partial charge in [-0.2, -0.15) is 0 Å². The first-order valence-electron chi connectivity index (χ1n) is 6.68. The molecule has 2 aromatic carbocycles. The highest BCUT2D eigenvalue weighted by molar-refractivity contribution is 7.91. The molecule has 0 fully saturated rings. The van der Waals surface area contributed by atoms with Gasteiger partial charge in [-0.3, -0.25) is 4.79 Å². The van der Waals surface area contributed by atoms with E-state index in [9.17, 15) is 13.2 Å². The number of nitrogens with two attached hydrogens (primary N) is 1. The van der Waals surface area contributed by atoms with Crippen molar-refractivity contribution in [3.63, 3.8) is 0 Å². The molecule has 2 rings (SSSR count). The minimum Gasteiger partial charge on any atom is -0.369 e. The van der Waals surface area contributed by atoms with Gasteiger partial charge in [0.25, 0.3) is 0 Å². The van der Waals surface area contributed by atoms with Crippen molar-refractivity contribution in [2.24, 2.45) is 11.7 Å². The molecule has 0 heterocycles. The fourth-order valence-electron chi connectivity index (χ4n) is 2.11. The zero-order chi connectivity index (χ0) is 16.3. The van der Waals surface area contributed by atoms with Crippen molar-refractivity contribution in [2.75, 3.05) is 5.75 Å². The van der Waals surface area contributed by atoms with E-state index < -0.39 is 21.7 Å².